The van der Waals surface area contributed by atoms with Crippen LogP contribution in [0.4, 0.5) is 17.6 Å². The van der Waals surface area contributed by atoms with Gasteiger partial charge in [-0.15, -0.1) is 12.4 Å². The zero-order chi connectivity index (χ0) is 20.6. The number of hydrogen-bond acceptors (Lipinski definition) is 5. The van der Waals surface area contributed by atoms with Gasteiger partial charge >= 0.3 is 12.1 Å². The van der Waals surface area contributed by atoms with Crippen LogP contribution in [-0.2, 0) is 11.0 Å². The lowest BCUT2D eigenvalue weighted by Crippen LogP contribution is -2.29. The minimum atomic E-state index is -4.81. The van der Waals surface area contributed by atoms with E-state index in [4.69, 9.17) is 5.11 Å². The molecular weight excluding hydrogens is 424 g/mol. The third-order valence-electron chi connectivity index (χ3n) is 3.68. The van der Waals surface area contributed by atoms with Gasteiger partial charge in [-0.3, -0.25) is 9.59 Å². The van der Waals surface area contributed by atoms with E-state index in [-0.39, 0.29) is 29.3 Å². The number of carboxylic acid groups (broad SMARTS) is 1. The number of carboxylic acids is 1. The summed E-state index contributed by atoms with van der Waals surface area (Å²) in [5, 5.41) is 24.6. The minimum absolute atomic E-state index is 0. The fraction of sp³-hybridized carbons (Fsp3) is 0.125. The first-order chi connectivity index (χ1) is 13.1. The molecule has 3 aromatic rings. The van der Waals surface area contributed by atoms with E-state index in [0.29, 0.717) is 12.1 Å². The zero-order valence-electron chi connectivity index (χ0n) is 14.1. The molecule has 29 heavy (non-hydrogen) atoms. The summed E-state index contributed by atoms with van der Waals surface area (Å²) in [5.74, 6) is -4.18. The number of nitrogens with one attached hydrogen (secondary N) is 1. The summed E-state index contributed by atoms with van der Waals surface area (Å²) in [7, 11) is 0. The van der Waals surface area contributed by atoms with Crippen molar-refractivity contribution in [1.82, 2.24) is 19.9 Å². The molecule has 0 radical (unpaired) electrons. The zero-order valence-corrected chi connectivity index (χ0v) is 14.9. The molecule has 0 aliphatic heterocycles. The number of aromatic nitrogens is 3. The number of carbonyl (C=O) groups is 2. The van der Waals surface area contributed by atoms with Gasteiger partial charge in [0.05, 0.1) is 11.3 Å². The van der Waals surface area contributed by atoms with E-state index >= 15 is 0 Å². The normalized spacial score (nSPS) is 11.2. The van der Waals surface area contributed by atoms with Crippen molar-refractivity contribution in [3.8, 4) is 17.0 Å². The summed E-state index contributed by atoms with van der Waals surface area (Å²) in [5.41, 5.74) is -2.37. The number of aromatic hydroxyl groups is 1. The van der Waals surface area contributed by atoms with Crippen LogP contribution in [0.15, 0.2) is 30.6 Å². The van der Waals surface area contributed by atoms with Crippen LogP contribution in [0.1, 0.15) is 15.9 Å². The Morgan fingerprint density at radius 1 is 1.17 bits per heavy atom. The minimum Gasteiger partial charge on any atom is -0.507 e. The average molecular weight is 435 g/mol. The number of pyridine rings is 1. The smallest absolute Gasteiger partial charge is 0.416 e. The van der Waals surface area contributed by atoms with Gasteiger partial charge in [0, 0.05) is 11.6 Å². The number of halogens is 5. The average Bonchev–Trinajstić information content (AvgIpc) is 3.06. The molecular formula is C16H11ClF4N4O4. The number of nitrogens with zero attached hydrogens (tertiary/aromatic N) is 3. The van der Waals surface area contributed by atoms with Crippen molar-refractivity contribution in [2.75, 3.05) is 6.54 Å². The summed E-state index contributed by atoms with van der Waals surface area (Å²) in [4.78, 5) is 26.5. The Bertz CT molecular complexity index is 1100. The predicted molar refractivity (Wildman–Crippen MR) is 92.3 cm³/mol. The molecule has 0 aliphatic rings. The van der Waals surface area contributed by atoms with Gasteiger partial charge in [0.2, 0.25) is 0 Å². The highest BCUT2D eigenvalue weighted by Gasteiger charge is 2.32. The van der Waals surface area contributed by atoms with Gasteiger partial charge in [-0.05, 0) is 18.2 Å². The molecule has 1 aromatic carbocycles. The maximum absolute atomic E-state index is 13.7. The molecule has 13 heteroatoms. The summed E-state index contributed by atoms with van der Waals surface area (Å²) in [6, 6.07) is 2.68. The van der Waals surface area contributed by atoms with Crippen LogP contribution in [0.25, 0.3) is 16.9 Å². The second-order valence-electron chi connectivity index (χ2n) is 5.59. The third-order valence-corrected chi connectivity index (χ3v) is 3.68. The van der Waals surface area contributed by atoms with Crippen molar-refractivity contribution in [2.45, 2.75) is 6.18 Å². The van der Waals surface area contributed by atoms with Gasteiger partial charge in [-0.2, -0.15) is 18.3 Å². The third kappa shape index (κ3) is 4.37. The van der Waals surface area contributed by atoms with Crippen molar-refractivity contribution < 1.29 is 37.4 Å². The lowest BCUT2D eigenvalue weighted by molar-refractivity contribution is -0.138. The molecule has 0 saturated carbocycles. The molecule has 154 valence electrons. The van der Waals surface area contributed by atoms with Crippen molar-refractivity contribution >= 4 is 29.9 Å². The molecule has 0 fully saturated rings. The van der Waals surface area contributed by atoms with Crippen molar-refractivity contribution in [1.29, 1.82) is 0 Å². The molecule has 3 N–H and O–H groups in total. The molecule has 2 aromatic heterocycles. The number of hydrogen-bond donors (Lipinski definition) is 3. The van der Waals surface area contributed by atoms with Crippen LogP contribution in [0, 0.1) is 5.82 Å². The Balaban J connectivity index is 0.00000300. The topological polar surface area (TPSA) is 117 Å². The first-order valence-electron chi connectivity index (χ1n) is 7.52. The SMILES string of the molecule is Cl.O=C(O)CNC(=O)c1c(O)cc(-c2cc(F)cc(C(F)(F)F)c2)n2ncnc12. The van der Waals surface area contributed by atoms with E-state index in [1.54, 1.807) is 0 Å². The van der Waals surface area contributed by atoms with Crippen LogP contribution in [0.3, 0.4) is 0 Å². The fourth-order valence-electron chi connectivity index (χ4n) is 2.53. The number of amides is 1. The molecule has 0 aliphatic carbocycles. The van der Waals surface area contributed by atoms with Gasteiger partial charge < -0.3 is 15.5 Å². The van der Waals surface area contributed by atoms with Crippen LogP contribution >= 0.6 is 12.4 Å². The second kappa shape index (κ2) is 7.91. The number of alkyl halides is 3. The Morgan fingerprint density at radius 2 is 1.86 bits per heavy atom. The van der Waals surface area contributed by atoms with Gasteiger partial charge in [0.15, 0.2) is 5.65 Å². The molecule has 0 saturated heterocycles. The van der Waals surface area contributed by atoms with E-state index in [2.05, 4.69) is 10.1 Å². The van der Waals surface area contributed by atoms with Gasteiger partial charge in [0.1, 0.15) is 30.0 Å². The molecule has 2 heterocycles. The molecule has 0 spiro atoms. The number of rotatable bonds is 4. The standard InChI is InChI=1S/C16H10F4N4O4.ClH/c17-9-2-7(1-8(3-9)16(18,19)20)10-4-11(25)13(14-22-6-23-24(10)14)15(28)21-5-12(26)27;/h1-4,6,25H,5H2,(H,21,28)(H,26,27);1H. The van der Waals surface area contributed by atoms with Crippen LogP contribution < -0.4 is 5.32 Å². The lowest BCUT2D eigenvalue weighted by atomic mass is 10.0. The maximum Gasteiger partial charge on any atom is 0.416 e. The lowest BCUT2D eigenvalue weighted by Gasteiger charge is -2.13. The first kappa shape index (κ1) is 21.9. The highest BCUT2D eigenvalue weighted by atomic mass is 35.5. The maximum atomic E-state index is 13.7. The van der Waals surface area contributed by atoms with Gasteiger partial charge in [-0.25, -0.2) is 13.9 Å². The van der Waals surface area contributed by atoms with Crippen molar-refractivity contribution in [3.05, 3.63) is 47.5 Å². The second-order valence-corrected chi connectivity index (χ2v) is 5.59. The predicted octanol–water partition coefficient (Wildman–Crippen LogP) is 2.50. The molecule has 3 rings (SSSR count). The number of benzene rings is 1. The summed E-state index contributed by atoms with van der Waals surface area (Å²) in [6.07, 6.45) is -3.84. The molecule has 0 atom stereocenters. The van der Waals surface area contributed by atoms with E-state index in [0.717, 1.165) is 23.0 Å². The van der Waals surface area contributed by atoms with E-state index < -0.39 is 47.3 Å². The van der Waals surface area contributed by atoms with Gasteiger partial charge in [0.25, 0.3) is 5.91 Å². The van der Waals surface area contributed by atoms with Crippen molar-refractivity contribution in [3.63, 3.8) is 0 Å². The van der Waals surface area contributed by atoms with E-state index in [1.165, 1.54) is 0 Å². The summed E-state index contributed by atoms with van der Waals surface area (Å²) < 4.78 is 53.6. The highest BCUT2D eigenvalue weighted by Crippen LogP contribution is 2.35. The Morgan fingerprint density at radius 3 is 2.48 bits per heavy atom. The Kier molecular flexibility index (Phi) is 5.97. The van der Waals surface area contributed by atoms with Crippen LogP contribution in [0.2, 0.25) is 0 Å². The monoisotopic (exact) mass is 434 g/mol. The van der Waals surface area contributed by atoms with E-state index in [9.17, 15) is 32.3 Å². The molecule has 8 nitrogen and oxygen atoms in total. The molecule has 0 bridgehead atoms. The largest absolute Gasteiger partial charge is 0.507 e. The summed E-state index contributed by atoms with van der Waals surface area (Å²) >= 11 is 0. The molecule has 0 unspecified atom stereocenters. The Labute approximate surface area is 165 Å². The number of aliphatic carboxylic acids is 1. The van der Waals surface area contributed by atoms with Gasteiger partial charge in [-0.1, -0.05) is 0 Å². The van der Waals surface area contributed by atoms with Crippen LogP contribution in [0.5, 0.6) is 5.75 Å². The number of carbonyl (C=O) groups excluding carboxylic acids is 1. The highest BCUT2D eigenvalue weighted by molar-refractivity contribution is 6.04. The Hall–Kier alpha value is -3.41. The summed E-state index contributed by atoms with van der Waals surface area (Å²) in [6.45, 7) is -0.737. The van der Waals surface area contributed by atoms with Crippen molar-refractivity contribution in [2.24, 2.45) is 0 Å². The quantitative estimate of drug-likeness (QED) is 0.543. The molecule has 1 amide bonds. The van der Waals surface area contributed by atoms with E-state index in [1.807, 2.05) is 5.32 Å². The van der Waals surface area contributed by atoms with Crippen LogP contribution in [-0.4, -0.2) is 43.2 Å². The fourth-order valence-corrected chi connectivity index (χ4v) is 2.53. The number of fused-ring (bicyclic) bond motifs is 1. The first-order valence-corrected chi connectivity index (χ1v) is 7.52.